The van der Waals surface area contributed by atoms with Crippen LogP contribution in [0.4, 0.5) is 11.4 Å². The Labute approximate surface area is 121 Å². The minimum Gasteiger partial charge on any atom is -0.468 e. The summed E-state index contributed by atoms with van der Waals surface area (Å²) in [6, 6.07) is 8.80. The molecule has 5 nitrogen and oxygen atoms in total. The van der Waals surface area contributed by atoms with Gasteiger partial charge >= 0.3 is 0 Å². The van der Waals surface area contributed by atoms with Gasteiger partial charge in [0.25, 0.3) is 5.69 Å². The van der Waals surface area contributed by atoms with Gasteiger partial charge in [0.1, 0.15) is 5.76 Å². The second-order valence-electron chi connectivity index (χ2n) is 4.27. The lowest BCUT2D eigenvalue weighted by Crippen LogP contribution is -2.00. The molecule has 0 amide bonds. The number of furan rings is 1. The van der Waals surface area contributed by atoms with Crippen LogP contribution in [0.3, 0.4) is 0 Å². The highest BCUT2D eigenvalue weighted by molar-refractivity contribution is 7.98. The first-order valence-corrected chi connectivity index (χ1v) is 7.36. The molecular weight excluding hydrogens is 276 g/mol. The smallest absolute Gasteiger partial charge is 0.272 e. The molecule has 0 radical (unpaired) electrons. The number of nitrogens with zero attached hydrogens (tertiary/aromatic N) is 1. The monoisotopic (exact) mass is 292 g/mol. The van der Waals surface area contributed by atoms with Crippen LogP contribution in [0.15, 0.2) is 45.9 Å². The van der Waals surface area contributed by atoms with E-state index in [1.165, 1.54) is 11.8 Å². The molecule has 0 spiro atoms. The zero-order valence-electron chi connectivity index (χ0n) is 11.2. The van der Waals surface area contributed by atoms with Crippen LogP contribution in [0.25, 0.3) is 0 Å². The third-order valence-electron chi connectivity index (χ3n) is 2.64. The Morgan fingerprint density at radius 2 is 2.25 bits per heavy atom. The summed E-state index contributed by atoms with van der Waals surface area (Å²) in [6.07, 6.45) is 2.59. The Bertz CT molecular complexity index is 570. The van der Waals surface area contributed by atoms with Gasteiger partial charge in [-0.05, 0) is 24.6 Å². The van der Waals surface area contributed by atoms with Crippen molar-refractivity contribution in [3.63, 3.8) is 0 Å². The van der Waals surface area contributed by atoms with E-state index in [1.807, 2.05) is 18.2 Å². The molecule has 1 N–H and O–H groups in total. The maximum absolute atomic E-state index is 11.0. The fourth-order valence-corrected chi connectivity index (χ4v) is 2.58. The van der Waals surface area contributed by atoms with Crippen molar-refractivity contribution in [1.82, 2.24) is 0 Å². The maximum atomic E-state index is 11.0. The van der Waals surface area contributed by atoms with Crippen molar-refractivity contribution < 1.29 is 9.34 Å². The minimum atomic E-state index is -0.367. The minimum absolute atomic E-state index is 0.105. The topological polar surface area (TPSA) is 68.3 Å². The summed E-state index contributed by atoms with van der Waals surface area (Å²) >= 11 is 1.52. The quantitative estimate of drug-likeness (QED) is 0.468. The molecule has 2 rings (SSSR count). The third-order valence-corrected chi connectivity index (χ3v) is 3.64. The summed E-state index contributed by atoms with van der Waals surface area (Å²) in [5.41, 5.74) is 0.885. The summed E-state index contributed by atoms with van der Waals surface area (Å²) in [7, 11) is 0. The fraction of sp³-hybridized carbons (Fsp3) is 0.286. The standard InChI is InChI=1S/C14H16N2O3S/c1-2-5-15-11-7-12(16(17)18)9-14(8-11)20-10-13-4-3-6-19-13/h3-4,6-9,15H,2,5,10H2,1H3. The summed E-state index contributed by atoms with van der Waals surface area (Å²) < 4.78 is 5.26. The second kappa shape index (κ2) is 7.00. The van der Waals surface area contributed by atoms with E-state index in [2.05, 4.69) is 12.2 Å². The highest BCUT2D eigenvalue weighted by atomic mass is 32.2. The van der Waals surface area contributed by atoms with Gasteiger partial charge in [-0.25, -0.2) is 0 Å². The number of rotatable bonds is 7. The number of hydrogen-bond donors (Lipinski definition) is 1. The number of anilines is 1. The Morgan fingerprint density at radius 1 is 1.40 bits per heavy atom. The summed E-state index contributed by atoms with van der Waals surface area (Å²) in [4.78, 5) is 11.5. The van der Waals surface area contributed by atoms with Crippen molar-refractivity contribution >= 4 is 23.1 Å². The first kappa shape index (κ1) is 14.5. The molecule has 6 heteroatoms. The van der Waals surface area contributed by atoms with E-state index in [4.69, 9.17) is 4.42 Å². The Kier molecular flexibility index (Phi) is 5.06. The van der Waals surface area contributed by atoms with Gasteiger partial charge in [0, 0.05) is 29.3 Å². The predicted molar refractivity (Wildman–Crippen MR) is 80.1 cm³/mol. The van der Waals surface area contributed by atoms with Crippen LogP contribution in [0.1, 0.15) is 19.1 Å². The van der Waals surface area contributed by atoms with Crippen LogP contribution in [-0.2, 0) is 5.75 Å². The molecule has 0 fully saturated rings. The predicted octanol–water partition coefficient (Wildman–Crippen LogP) is 4.30. The maximum Gasteiger partial charge on any atom is 0.272 e. The molecule has 20 heavy (non-hydrogen) atoms. The summed E-state index contributed by atoms with van der Waals surface area (Å²) in [5.74, 6) is 1.51. The van der Waals surface area contributed by atoms with Gasteiger partial charge < -0.3 is 9.73 Å². The highest BCUT2D eigenvalue weighted by Gasteiger charge is 2.10. The van der Waals surface area contributed by atoms with Gasteiger partial charge in [-0.15, -0.1) is 11.8 Å². The molecule has 0 saturated carbocycles. The van der Waals surface area contributed by atoms with Crippen molar-refractivity contribution in [3.8, 4) is 0 Å². The number of non-ortho nitro benzene ring substituents is 1. The number of nitro benzene ring substituents is 1. The fourth-order valence-electron chi connectivity index (χ4n) is 1.69. The van der Waals surface area contributed by atoms with Gasteiger partial charge in [0.15, 0.2) is 0 Å². The van der Waals surface area contributed by atoms with Crippen LogP contribution < -0.4 is 5.32 Å². The number of nitrogens with one attached hydrogen (secondary N) is 1. The molecule has 0 aliphatic carbocycles. The van der Waals surface area contributed by atoms with Crippen molar-refractivity contribution in [3.05, 3.63) is 52.5 Å². The zero-order valence-corrected chi connectivity index (χ0v) is 12.0. The van der Waals surface area contributed by atoms with Crippen molar-refractivity contribution in [2.24, 2.45) is 0 Å². The number of hydrogen-bond acceptors (Lipinski definition) is 5. The summed E-state index contributed by atoms with van der Waals surface area (Å²) in [5, 5.41) is 14.1. The SMILES string of the molecule is CCCNc1cc(SCc2ccco2)cc([N+](=O)[O-])c1. The number of nitro groups is 1. The molecule has 0 aliphatic heterocycles. The van der Waals surface area contributed by atoms with Crippen LogP contribution in [0, 0.1) is 10.1 Å². The lowest BCUT2D eigenvalue weighted by atomic mass is 10.2. The lowest BCUT2D eigenvalue weighted by molar-refractivity contribution is -0.385. The third kappa shape index (κ3) is 4.03. The molecule has 1 aromatic carbocycles. The van der Waals surface area contributed by atoms with Crippen LogP contribution >= 0.6 is 11.8 Å². The van der Waals surface area contributed by atoms with Gasteiger partial charge in [0.2, 0.25) is 0 Å². The van der Waals surface area contributed by atoms with E-state index < -0.39 is 0 Å². The molecule has 0 bridgehead atoms. The zero-order chi connectivity index (χ0) is 14.4. The molecule has 0 unspecified atom stereocenters. The number of thioether (sulfide) groups is 1. The molecule has 1 heterocycles. The normalized spacial score (nSPS) is 10.4. The van der Waals surface area contributed by atoms with E-state index in [-0.39, 0.29) is 10.6 Å². The van der Waals surface area contributed by atoms with Crippen LogP contribution in [0.2, 0.25) is 0 Å². The van der Waals surface area contributed by atoms with Gasteiger partial charge in [-0.3, -0.25) is 10.1 Å². The molecule has 0 aliphatic rings. The first-order valence-electron chi connectivity index (χ1n) is 6.37. The Hall–Kier alpha value is -1.95. The van der Waals surface area contributed by atoms with Crippen LogP contribution in [-0.4, -0.2) is 11.5 Å². The second-order valence-corrected chi connectivity index (χ2v) is 5.32. The average Bonchev–Trinajstić information content (AvgIpc) is 2.96. The molecule has 106 valence electrons. The van der Waals surface area contributed by atoms with Crippen LogP contribution in [0.5, 0.6) is 0 Å². The molecular formula is C14H16N2O3S. The first-order chi connectivity index (χ1) is 9.69. The van der Waals surface area contributed by atoms with Crippen molar-refractivity contribution in [1.29, 1.82) is 0 Å². The molecule has 1 aromatic heterocycles. The van der Waals surface area contributed by atoms with Crippen molar-refractivity contribution in [2.75, 3.05) is 11.9 Å². The number of benzene rings is 1. The van der Waals surface area contributed by atoms with E-state index in [0.29, 0.717) is 5.75 Å². The average molecular weight is 292 g/mol. The van der Waals surface area contributed by atoms with E-state index >= 15 is 0 Å². The van der Waals surface area contributed by atoms with E-state index in [0.717, 1.165) is 29.3 Å². The summed E-state index contributed by atoms with van der Waals surface area (Å²) in [6.45, 7) is 2.85. The molecule has 0 atom stereocenters. The highest BCUT2D eigenvalue weighted by Crippen LogP contribution is 2.30. The Morgan fingerprint density at radius 3 is 2.90 bits per heavy atom. The molecule has 0 saturated heterocycles. The Balaban J connectivity index is 2.13. The van der Waals surface area contributed by atoms with E-state index in [9.17, 15) is 10.1 Å². The van der Waals surface area contributed by atoms with E-state index in [1.54, 1.807) is 18.4 Å². The molecule has 2 aromatic rings. The van der Waals surface area contributed by atoms with Gasteiger partial charge in [-0.2, -0.15) is 0 Å². The largest absolute Gasteiger partial charge is 0.468 e. The van der Waals surface area contributed by atoms with Gasteiger partial charge in [-0.1, -0.05) is 6.92 Å². The lowest BCUT2D eigenvalue weighted by Gasteiger charge is -2.07. The van der Waals surface area contributed by atoms with Crippen molar-refractivity contribution in [2.45, 2.75) is 24.0 Å². The van der Waals surface area contributed by atoms with Gasteiger partial charge in [0.05, 0.1) is 16.9 Å².